The number of pyridine rings is 1. The number of piperidine rings is 1. The van der Waals surface area contributed by atoms with Gasteiger partial charge < -0.3 is 19.7 Å². The molecule has 0 spiro atoms. The number of rotatable bonds is 11. The van der Waals surface area contributed by atoms with Crippen molar-refractivity contribution in [3.63, 3.8) is 0 Å². The van der Waals surface area contributed by atoms with Crippen LogP contribution in [-0.4, -0.2) is 75.2 Å². The molecule has 0 bridgehead atoms. The fourth-order valence-electron chi connectivity index (χ4n) is 7.43. The number of hydrogen-bond donors (Lipinski definition) is 2. The van der Waals surface area contributed by atoms with Crippen molar-refractivity contribution in [2.45, 2.75) is 89.9 Å². The Morgan fingerprint density at radius 1 is 0.981 bits per heavy atom. The molecule has 53 heavy (non-hydrogen) atoms. The Kier molecular flexibility index (Phi) is 10.7. The Bertz CT molecular complexity index is 2020. The maximum atomic E-state index is 13.7. The van der Waals surface area contributed by atoms with E-state index in [1.54, 1.807) is 7.11 Å². The summed E-state index contributed by atoms with van der Waals surface area (Å²) in [6.07, 6.45) is 6.89. The van der Waals surface area contributed by atoms with Crippen LogP contribution < -0.4 is 20.3 Å². The third-order valence-corrected chi connectivity index (χ3v) is 10.5. The van der Waals surface area contributed by atoms with Crippen LogP contribution in [0.3, 0.4) is 0 Å². The lowest BCUT2D eigenvalue weighted by Gasteiger charge is -2.33. The molecular weight excluding hydrogens is 667 g/mol. The highest BCUT2D eigenvalue weighted by Crippen LogP contribution is 2.39. The van der Waals surface area contributed by atoms with Gasteiger partial charge >= 0.3 is 6.03 Å². The molecule has 2 aliphatic rings. The van der Waals surface area contributed by atoms with E-state index in [2.05, 4.69) is 102 Å². The molecule has 3 aromatic heterocycles. The van der Waals surface area contributed by atoms with Gasteiger partial charge in [-0.1, -0.05) is 57.2 Å². The molecule has 12 heteroatoms. The molecule has 12 nitrogen and oxygen atoms in total. The Morgan fingerprint density at radius 3 is 2.53 bits per heavy atom. The van der Waals surface area contributed by atoms with E-state index in [9.17, 15) is 4.79 Å². The van der Waals surface area contributed by atoms with Crippen LogP contribution in [0.15, 0.2) is 72.9 Å². The number of anilines is 2. The summed E-state index contributed by atoms with van der Waals surface area (Å²) >= 11 is 0. The normalized spacial score (nSPS) is 19.0. The van der Waals surface area contributed by atoms with E-state index in [4.69, 9.17) is 14.6 Å². The van der Waals surface area contributed by atoms with E-state index in [-0.39, 0.29) is 23.6 Å². The van der Waals surface area contributed by atoms with Gasteiger partial charge in [-0.2, -0.15) is 5.10 Å². The monoisotopic (exact) mass is 719 g/mol. The zero-order chi connectivity index (χ0) is 37.1. The van der Waals surface area contributed by atoms with E-state index in [0.717, 1.165) is 85.2 Å². The number of amides is 2. The highest BCUT2D eigenvalue weighted by molar-refractivity contribution is 5.89. The summed E-state index contributed by atoms with van der Waals surface area (Å²) in [6.45, 7) is 12.0. The van der Waals surface area contributed by atoms with Crippen molar-refractivity contribution >= 4 is 23.4 Å². The second-order valence-electron chi connectivity index (χ2n) is 15.6. The molecule has 1 aliphatic heterocycles. The largest absolute Gasteiger partial charge is 0.484 e. The smallest absolute Gasteiger partial charge is 0.320 e. The summed E-state index contributed by atoms with van der Waals surface area (Å²) in [5.74, 6) is 2.25. The van der Waals surface area contributed by atoms with Crippen LogP contribution in [0.25, 0.3) is 11.3 Å². The molecule has 4 heterocycles. The summed E-state index contributed by atoms with van der Waals surface area (Å²) in [7, 11) is 3.80. The standard InChI is InChI=1S/C41H53N9O3/c1-28-11-9-10-22-48(28)40-45-44-37-21-18-31(27-49(37)40)53-35-20-19-34(32-12-7-8-13-33(32)35)42-39(51)43-38-25-36(41(2,3)4)46-50(38)30-16-14-29(15-17-30)26-47(5)23-24-52-6/h7-8,12-18,21,25,27-28,34-35H,9-11,19-20,22-24,26H2,1-6H3,(H2,42,43,51)/t28-,34-,35+/m0/s1. The quantitative estimate of drug-likeness (QED) is 0.145. The first-order chi connectivity index (χ1) is 25.6. The van der Waals surface area contributed by atoms with Crippen molar-refractivity contribution in [2.75, 3.05) is 44.1 Å². The second-order valence-corrected chi connectivity index (χ2v) is 15.6. The number of carbonyl (C=O) groups excluding carboxylic acids is 1. The third-order valence-electron chi connectivity index (χ3n) is 10.5. The number of benzene rings is 2. The lowest BCUT2D eigenvalue weighted by Crippen LogP contribution is -2.38. The van der Waals surface area contributed by atoms with Gasteiger partial charge in [0.2, 0.25) is 5.95 Å². The van der Waals surface area contributed by atoms with Crippen LogP contribution in [0.4, 0.5) is 16.6 Å². The van der Waals surface area contributed by atoms with E-state index in [0.29, 0.717) is 18.5 Å². The van der Waals surface area contributed by atoms with Crippen molar-refractivity contribution in [1.29, 1.82) is 0 Å². The van der Waals surface area contributed by atoms with Gasteiger partial charge in [0.05, 0.1) is 30.2 Å². The Morgan fingerprint density at radius 2 is 1.77 bits per heavy atom. The summed E-state index contributed by atoms with van der Waals surface area (Å²) < 4.78 is 15.8. The molecule has 280 valence electrons. The average molecular weight is 720 g/mol. The van der Waals surface area contributed by atoms with Crippen LogP contribution in [0, 0.1) is 0 Å². The minimum Gasteiger partial charge on any atom is -0.484 e. The van der Waals surface area contributed by atoms with E-state index < -0.39 is 0 Å². The number of fused-ring (bicyclic) bond motifs is 2. The van der Waals surface area contributed by atoms with E-state index >= 15 is 0 Å². The van der Waals surface area contributed by atoms with Crippen molar-refractivity contribution in [3.8, 4) is 11.4 Å². The van der Waals surface area contributed by atoms with Crippen molar-refractivity contribution in [2.24, 2.45) is 0 Å². The summed E-state index contributed by atoms with van der Waals surface area (Å²) in [5.41, 5.74) is 5.70. The summed E-state index contributed by atoms with van der Waals surface area (Å²) in [5, 5.41) is 20.3. The van der Waals surface area contributed by atoms with Gasteiger partial charge in [-0.15, -0.1) is 10.2 Å². The predicted molar refractivity (Wildman–Crippen MR) is 208 cm³/mol. The molecule has 0 radical (unpaired) electrons. The first kappa shape index (κ1) is 36.4. The number of carbonyl (C=O) groups is 1. The predicted octanol–water partition coefficient (Wildman–Crippen LogP) is 7.45. The number of likely N-dealkylation sites (N-methyl/N-ethyl adjacent to an activating group) is 1. The average Bonchev–Trinajstić information content (AvgIpc) is 3.77. The number of ether oxygens (including phenoxy) is 2. The zero-order valence-corrected chi connectivity index (χ0v) is 31.9. The minimum atomic E-state index is -0.278. The first-order valence-electron chi connectivity index (χ1n) is 18.9. The van der Waals surface area contributed by atoms with Crippen molar-refractivity contribution < 1.29 is 14.3 Å². The van der Waals surface area contributed by atoms with Crippen LogP contribution >= 0.6 is 0 Å². The maximum Gasteiger partial charge on any atom is 0.320 e. The van der Waals surface area contributed by atoms with E-state index in [1.807, 2.05) is 45.6 Å². The van der Waals surface area contributed by atoms with Gasteiger partial charge in [-0.3, -0.25) is 14.6 Å². The lowest BCUT2D eigenvalue weighted by molar-refractivity contribution is 0.158. The zero-order valence-electron chi connectivity index (χ0n) is 31.9. The summed E-state index contributed by atoms with van der Waals surface area (Å²) in [4.78, 5) is 18.3. The molecule has 7 rings (SSSR count). The van der Waals surface area contributed by atoms with Gasteiger partial charge in [-0.25, -0.2) is 9.48 Å². The minimum absolute atomic E-state index is 0.155. The van der Waals surface area contributed by atoms with Crippen molar-refractivity contribution in [3.05, 3.63) is 95.3 Å². The molecular formula is C41H53N9O3. The molecule has 1 saturated heterocycles. The fraction of sp³-hybridized carbons (Fsp3) is 0.463. The lowest BCUT2D eigenvalue weighted by atomic mass is 9.85. The molecule has 2 N–H and O–H groups in total. The highest BCUT2D eigenvalue weighted by atomic mass is 16.5. The topological polar surface area (TPSA) is 114 Å². The molecule has 1 fully saturated rings. The van der Waals surface area contributed by atoms with Gasteiger partial charge in [0.1, 0.15) is 17.7 Å². The number of methoxy groups -OCH3 is 1. The van der Waals surface area contributed by atoms with Gasteiger partial charge in [0.15, 0.2) is 5.65 Å². The Hall–Kier alpha value is -4.94. The Labute approximate surface area is 312 Å². The fourth-order valence-corrected chi connectivity index (χ4v) is 7.43. The SMILES string of the molecule is COCCN(C)Cc1ccc(-n2nc(C(C)(C)C)cc2NC(=O)N[C@H]2CC[C@@H](Oc3ccc4nnc(N5CCCC[C@@H]5C)n4c3)c3ccccc32)cc1. The number of aromatic nitrogens is 5. The molecule has 3 atom stereocenters. The number of nitrogens with one attached hydrogen (secondary N) is 2. The van der Waals surface area contributed by atoms with Gasteiger partial charge in [0.25, 0.3) is 0 Å². The Balaban J connectivity index is 1.06. The second kappa shape index (κ2) is 15.6. The first-order valence-corrected chi connectivity index (χ1v) is 18.9. The number of urea groups is 1. The molecule has 1 aliphatic carbocycles. The van der Waals surface area contributed by atoms with Crippen LogP contribution in [-0.2, 0) is 16.7 Å². The molecule has 5 aromatic rings. The van der Waals surface area contributed by atoms with Gasteiger partial charge in [-0.05, 0) is 87.0 Å². The maximum absolute atomic E-state index is 13.7. The number of nitrogens with zero attached hydrogens (tertiary/aromatic N) is 7. The van der Waals surface area contributed by atoms with Crippen LogP contribution in [0.1, 0.15) is 94.3 Å². The highest BCUT2D eigenvalue weighted by Gasteiger charge is 2.31. The van der Waals surface area contributed by atoms with Crippen LogP contribution in [0.2, 0.25) is 0 Å². The molecule has 0 unspecified atom stereocenters. The molecule has 2 aromatic carbocycles. The van der Waals surface area contributed by atoms with Crippen LogP contribution in [0.5, 0.6) is 5.75 Å². The molecule has 0 saturated carbocycles. The van der Waals surface area contributed by atoms with Crippen molar-refractivity contribution in [1.82, 2.24) is 34.6 Å². The van der Waals surface area contributed by atoms with E-state index in [1.165, 1.54) is 12.0 Å². The number of hydrogen-bond acceptors (Lipinski definition) is 8. The third kappa shape index (κ3) is 8.18. The van der Waals surface area contributed by atoms with Gasteiger partial charge in [0, 0.05) is 44.3 Å². The summed E-state index contributed by atoms with van der Waals surface area (Å²) in [6, 6.07) is 22.4. The molecule has 2 amide bonds.